The molecule has 2 aliphatic heterocycles. The number of imide groups is 1. The largest absolute Gasteiger partial charge is 0.338 e. The number of likely N-dealkylation sites (N-methyl/N-ethyl adjacent to an activating group) is 2. The van der Waals surface area contributed by atoms with Gasteiger partial charge in [0.15, 0.2) is 5.82 Å². The van der Waals surface area contributed by atoms with Crippen LogP contribution in [0.3, 0.4) is 0 Å². The zero-order valence-electron chi connectivity index (χ0n) is 12.5. The van der Waals surface area contributed by atoms with E-state index in [9.17, 15) is 9.59 Å². The van der Waals surface area contributed by atoms with E-state index in [4.69, 9.17) is 4.52 Å². The Morgan fingerprint density at radius 1 is 1.24 bits per heavy atom. The van der Waals surface area contributed by atoms with Crippen LogP contribution in [0.25, 0.3) is 0 Å². The molecule has 2 fully saturated rings. The van der Waals surface area contributed by atoms with Gasteiger partial charge in [-0.15, -0.1) is 0 Å². The quantitative estimate of drug-likeness (QED) is 0.726. The Balaban J connectivity index is 1.67. The molecule has 0 unspecified atom stereocenters. The maximum atomic E-state index is 12.4. The van der Waals surface area contributed by atoms with Gasteiger partial charge in [0.25, 0.3) is 5.91 Å². The average Bonchev–Trinajstić information content (AvgIpc) is 2.95. The fourth-order valence-corrected chi connectivity index (χ4v) is 3.18. The minimum atomic E-state index is -0.674. The van der Waals surface area contributed by atoms with Crippen molar-refractivity contribution < 1.29 is 14.1 Å². The van der Waals surface area contributed by atoms with Crippen molar-refractivity contribution in [1.82, 2.24) is 24.8 Å². The van der Waals surface area contributed by atoms with E-state index >= 15 is 0 Å². The first-order chi connectivity index (χ1) is 9.94. The van der Waals surface area contributed by atoms with Crippen molar-refractivity contribution >= 4 is 11.9 Å². The summed E-state index contributed by atoms with van der Waals surface area (Å²) in [6, 6.07) is -0.221. The highest BCUT2D eigenvalue weighted by Gasteiger charge is 2.55. The van der Waals surface area contributed by atoms with Gasteiger partial charge in [-0.2, -0.15) is 4.98 Å². The molecule has 3 heterocycles. The van der Waals surface area contributed by atoms with Crippen molar-refractivity contribution in [2.75, 3.05) is 27.2 Å². The van der Waals surface area contributed by atoms with Crippen molar-refractivity contribution in [2.45, 2.75) is 31.8 Å². The standard InChI is InChI=1S/C13H19N5O3/c1-9-14-10(21-15-9)8-18-6-4-13(5-7-18)11(19)16(2)12(20)17(13)3/h4-8H2,1-3H3. The molecule has 0 aliphatic carbocycles. The van der Waals surface area contributed by atoms with Crippen molar-refractivity contribution in [3.05, 3.63) is 11.7 Å². The van der Waals surface area contributed by atoms with Crippen LogP contribution in [0.5, 0.6) is 0 Å². The Kier molecular flexibility index (Phi) is 3.20. The summed E-state index contributed by atoms with van der Waals surface area (Å²) in [4.78, 5) is 33.5. The highest BCUT2D eigenvalue weighted by Crippen LogP contribution is 2.35. The molecule has 114 valence electrons. The molecule has 0 atom stereocenters. The van der Waals surface area contributed by atoms with Crippen molar-refractivity contribution in [3.8, 4) is 0 Å². The van der Waals surface area contributed by atoms with Gasteiger partial charge in [-0.05, 0) is 19.8 Å². The van der Waals surface area contributed by atoms with E-state index in [1.807, 2.05) is 0 Å². The number of hydrogen-bond donors (Lipinski definition) is 0. The molecule has 2 saturated heterocycles. The van der Waals surface area contributed by atoms with E-state index in [1.54, 1.807) is 25.9 Å². The first-order valence-corrected chi connectivity index (χ1v) is 7.01. The summed E-state index contributed by atoms with van der Waals surface area (Å²) in [5, 5.41) is 3.77. The van der Waals surface area contributed by atoms with Gasteiger partial charge in [-0.1, -0.05) is 5.16 Å². The fraction of sp³-hybridized carbons (Fsp3) is 0.692. The highest BCUT2D eigenvalue weighted by atomic mass is 16.5. The molecular formula is C13H19N5O3. The van der Waals surface area contributed by atoms with Crippen molar-refractivity contribution in [1.29, 1.82) is 0 Å². The smallest absolute Gasteiger partial charge is 0.327 e. The van der Waals surface area contributed by atoms with Gasteiger partial charge in [0, 0.05) is 27.2 Å². The van der Waals surface area contributed by atoms with Crippen LogP contribution in [0.1, 0.15) is 24.6 Å². The second-order valence-corrected chi connectivity index (χ2v) is 5.75. The van der Waals surface area contributed by atoms with Crippen LogP contribution in [0, 0.1) is 6.92 Å². The summed E-state index contributed by atoms with van der Waals surface area (Å²) in [7, 11) is 3.25. The number of carbonyl (C=O) groups is 2. The number of aromatic nitrogens is 2. The number of nitrogens with zero attached hydrogens (tertiary/aromatic N) is 5. The van der Waals surface area contributed by atoms with Crippen molar-refractivity contribution in [2.24, 2.45) is 0 Å². The normalized spacial score (nSPS) is 22.6. The number of urea groups is 1. The van der Waals surface area contributed by atoms with E-state index in [1.165, 1.54) is 4.90 Å². The van der Waals surface area contributed by atoms with Crippen molar-refractivity contribution in [3.63, 3.8) is 0 Å². The Hall–Kier alpha value is -1.96. The van der Waals surface area contributed by atoms with Gasteiger partial charge in [0.1, 0.15) is 5.54 Å². The van der Waals surface area contributed by atoms with Crippen LogP contribution in [0.2, 0.25) is 0 Å². The van der Waals surface area contributed by atoms with Crippen LogP contribution >= 0.6 is 0 Å². The summed E-state index contributed by atoms with van der Waals surface area (Å²) in [6.45, 7) is 3.81. The first-order valence-electron chi connectivity index (χ1n) is 7.01. The van der Waals surface area contributed by atoms with Crippen LogP contribution in [-0.2, 0) is 11.3 Å². The zero-order valence-corrected chi connectivity index (χ0v) is 12.5. The minimum absolute atomic E-state index is 0.0942. The summed E-state index contributed by atoms with van der Waals surface area (Å²) < 4.78 is 5.12. The number of rotatable bonds is 2. The van der Waals surface area contributed by atoms with Crippen LogP contribution in [0.4, 0.5) is 4.79 Å². The zero-order chi connectivity index (χ0) is 15.2. The second kappa shape index (κ2) is 4.80. The van der Waals surface area contributed by atoms with Crippen LogP contribution in [0.15, 0.2) is 4.52 Å². The first kappa shape index (κ1) is 14.0. The number of piperidine rings is 1. The van der Waals surface area contributed by atoms with Gasteiger partial charge >= 0.3 is 6.03 Å². The van der Waals surface area contributed by atoms with Gasteiger partial charge in [0.2, 0.25) is 5.89 Å². The molecule has 3 rings (SSSR count). The van der Waals surface area contributed by atoms with E-state index < -0.39 is 5.54 Å². The average molecular weight is 293 g/mol. The second-order valence-electron chi connectivity index (χ2n) is 5.75. The molecule has 0 radical (unpaired) electrons. The molecule has 1 aromatic rings. The third-order valence-electron chi connectivity index (χ3n) is 4.53. The molecule has 21 heavy (non-hydrogen) atoms. The van der Waals surface area contributed by atoms with Crippen LogP contribution in [-0.4, -0.2) is 69.5 Å². The Morgan fingerprint density at radius 3 is 2.38 bits per heavy atom. The number of likely N-dealkylation sites (tertiary alicyclic amines) is 1. The predicted octanol–water partition coefficient (Wildman–Crippen LogP) is 0.236. The lowest BCUT2D eigenvalue weighted by Crippen LogP contribution is -2.55. The summed E-state index contributed by atoms with van der Waals surface area (Å²) in [6.07, 6.45) is 1.26. The number of aryl methyl sites for hydroxylation is 1. The third kappa shape index (κ3) is 2.10. The third-order valence-corrected chi connectivity index (χ3v) is 4.53. The van der Waals surface area contributed by atoms with E-state index in [2.05, 4.69) is 15.0 Å². The molecule has 8 nitrogen and oxygen atoms in total. The van der Waals surface area contributed by atoms with E-state index in [0.29, 0.717) is 31.1 Å². The SMILES string of the molecule is Cc1noc(CN2CCC3(CC2)C(=O)N(C)C(=O)N3C)n1. The van der Waals surface area contributed by atoms with Gasteiger partial charge in [-0.25, -0.2) is 4.79 Å². The summed E-state index contributed by atoms with van der Waals surface area (Å²) in [5.41, 5.74) is -0.674. The Labute approximate surface area is 122 Å². The lowest BCUT2D eigenvalue weighted by Gasteiger charge is -2.40. The molecule has 0 saturated carbocycles. The van der Waals surface area contributed by atoms with Crippen LogP contribution < -0.4 is 0 Å². The number of amides is 3. The van der Waals surface area contributed by atoms with Gasteiger partial charge in [0.05, 0.1) is 6.54 Å². The molecule has 3 amide bonds. The Bertz CT molecular complexity index is 576. The predicted molar refractivity (Wildman–Crippen MR) is 72.2 cm³/mol. The highest BCUT2D eigenvalue weighted by molar-refractivity contribution is 6.06. The number of hydrogen-bond acceptors (Lipinski definition) is 6. The molecule has 1 aromatic heterocycles. The maximum Gasteiger partial charge on any atom is 0.327 e. The molecule has 0 aromatic carbocycles. The maximum absolute atomic E-state index is 12.4. The topological polar surface area (TPSA) is 82.8 Å². The molecule has 1 spiro atoms. The van der Waals surface area contributed by atoms with E-state index in [0.717, 1.165) is 13.1 Å². The fourth-order valence-electron chi connectivity index (χ4n) is 3.18. The monoisotopic (exact) mass is 293 g/mol. The molecule has 2 aliphatic rings. The lowest BCUT2D eigenvalue weighted by molar-refractivity contribution is -0.134. The summed E-state index contributed by atoms with van der Waals surface area (Å²) >= 11 is 0. The van der Waals surface area contributed by atoms with Gasteiger partial charge < -0.3 is 9.42 Å². The Morgan fingerprint density at radius 2 is 1.90 bits per heavy atom. The molecular weight excluding hydrogens is 274 g/mol. The summed E-state index contributed by atoms with van der Waals surface area (Å²) in [5.74, 6) is 1.11. The molecule has 0 bridgehead atoms. The molecule has 8 heteroatoms. The molecule has 0 N–H and O–H groups in total. The number of carbonyl (C=O) groups excluding carboxylic acids is 2. The van der Waals surface area contributed by atoms with Gasteiger partial charge in [-0.3, -0.25) is 14.6 Å². The lowest BCUT2D eigenvalue weighted by atomic mass is 9.86. The minimum Gasteiger partial charge on any atom is -0.338 e. The van der Waals surface area contributed by atoms with E-state index in [-0.39, 0.29) is 11.9 Å².